The lowest BCUT2D eigenvalue weighted by Crippen LogP contribution is -2.25. The zero-order valence-electron chi connectivity index (χ0n) is 9.87. The van der Waals surface area contributed by atoms with Crippen LogP contribution in [-0.2, 0) is 11.3 Å². The Morgan fingerprint density at radius 3 is 2.76 bits per heavy atom. The zero-order chi connectivity index (χ0) is 12.3. The average Bonchev–Trinajstić information content (AvgIpc) is 2.71. The van der Waals surface area contributed by atoms with E-state index in [2.05, 4.69) is 5.18 Å². The molecule has 0 aliphatic carbocycles. The van der Waals surface area contributed by atoms with E-state index in [1.807, 2.05) is 35.2 Å². The first-order chi connectivity index (χ1) is 8.20. The summed E-state index contributed by atoms with van der Waals surface area (Å²) in [5.41, 5.74) is 1.12. The molecule has 4 heteroatoms. The molecule has 1 fully saturated rings. The first kappa shape index (κ1) is 11.8. The van der Waals surface area contributed by atoms with E-state index < -0.39 is 0 Å². The lowest BCUT2D eigenvalue weighted by atomic mass is 10.0. The molecule has 0 bridgehead atoms. The number of rotatable bonds is 4. The summed E-state index contributed by atoms with van der Waals surface area (Å²) in [6.45, 7) is 3.04. The van der Waals surface area contributed by atoms with Gasteiger partial charge in [-0.1, -0.05) is 35.5 Å². The maximum atomic E-state index is 11.8. The fourth-order valence-electron chi connectivity index (χ4n) is 2.17. The summed E-state index contributed by atoms with van der Waals surface area (Å²) in [4.78, 5) is 24.1. The van der Waals surface area contributed by atoms with Crippen molar-refractivity contribution in [3.8, 4) is 0 Å². The molecule has 2 atom stereocenters. The van der Waals surface area contributed by atoms with Crippen molar-refractivity contribution in [1.29, 1.82) is 0 Å². The standard InChI is InChI=1S/C13H16N2O2/c1-10(14-17)12-7-13(16)15(9-12)8-11-5-3-2-4-6-11/h2-6,10,12H,7-9H2,1H3. The molecular weight excluding hydrogens is 216 g/mol. The van der Waals surface area contributed by atoms with Gasteiger partial charge in [0.15, 0.2) is 0 Å². The molecule has 0 aromatic heterocycles. The van der Waals surface area contributed by atoms with Gasteiger partial charge in [0.05, 0.1) is 6.04 Å². The van der Waals surface area contributed by atoms with Crippen molar-refractivity contribution >= 4 is 5.91 Å². The molecule has 1 aliphatic rings. The summed E-state index contributed by atoms with van der Waals surface area (Å²) in [6.07, 6.45) is 0.444. The van der Waals surface area contributed by atoms with Gasteiger partial charge in [0, 0.05) is 25.4 Å². The van der Waals surface area contributed by atoms with Crippen LogP contribution in [0.1, 0.15) is 18.9 Å². The van der Waals surface area contributed by atoms with Gasteiger partial charge in [0.2, 0.25) is 5.91 Å². The van der Waals surface area contributed by atoms with Crippen molar-refractivity contribution in [3.05, 3.63) is 40.8 Å². The molecule has 0 saturated carbocycles. The van der Waals surface area contributed by atoms with Crippen molar-refractivity contribution in [1.82, 2.24) is 4.90 Å². The van der Waals surface area contributed by atoms with E-state index in [-0.39, 0.29) is 17.9 Å². The number of carbonyl (C=O) groups excluding carboxylic acids is 1. The number of carbonyl (C=O) groups is 1. The summed E-state index contributed by atoms with van der Waals surface area (Å²) in [6, 6.07) is 9.60. The van der Waals surface area contributed by atoms with Gasteiger partial charge in [0.25, 0.3) is 0 Å². The van der Waals surface area contributed by atoms with Crippen LogP contribution in [0, 0.1) is 10.8 Å². The molecule has 0 radical (unpaired) electrons. The van der Waals surface area contributed by atoms with Crippen LogP contribution in [0.4, 0.5) is 0 Å². The Morgan fingerprint density at radius 2 is 2.12 bits per heavy atom. The number of nitrogens with zero attached hydrogens (tertiary/aromatic N) is 2. The second kappa shape index (κ2) is 5.08. The van der Waals surface area contributed by atoms with Crippen LogP contribution in [0.25, 0.3) is 0 Å². The van der Waals surface area contributed by atoms with Crippen molar-refractivity contribution in [2.24, 2.45) is 11.1 Å². The summed E-state index contributed by atoms with van der Waals surface area (Å²) >= 11 is 0. The highest BCUT2D eigenvalue weighted by Crippen LogP contribution is 2.24. The Bertz CT molecular complexity index is 405. The van der Waals surface area contributed by atoms with Crippen LogP contribution in [0.15, 0.2) is 35.5 Å². The number of nitroso groups, excluding NO2 is 1. The predicted octanol–water partition coefficient (Wildman–Crippen LogP) is 2.19. The Hall–Kier alpha value is -1.71. The highest BCUT2D eigenvalue weighted by atomic mass is 16.3. The van der Waals surface area contributed by atoms with Crippen molar-refractivity contribution in [3.63, 3.8) is 0 Å². The molecule has 1 heterocycles. The van der Waals surface area contributed by atoms with Gasteiger partial charge in [-0.3, -0.25) is 4.79 Å². The van der Waals surface area contributed by atoms with Crippen molar-refractivity contribution in [2.75, 3.05) is 6.54 Å². The third-order valence-corrected chi connectivity index (χ3v) is 3.31. The van der Waals surface area contributed by atoms with E-state index in [4.69, 9.17) is 0 Å². The van der Waals surface area contributed by atoms with Gasteiger partial charge in [-0.05, 0) is 12.5 Å². The minimum absolute atomic E-state index is 0.0729. The molecule has 0 spiro atoms. The van der Waals surface area contributed by atoms with Crippen LogP contribution in [-0.4, -0.2) is 23.4 Å². The highest BCUT2D eigenvalue weighted by molar-refractivity contribution is 5.78. The minimum atomic E-state index is -0.278. The summed E-state index contributed by atoms with van der Waals surface area (Å²) in [5, 5.41) is 3.02. The first-order valence-electron chi connectivity index (χ1n) is 5.85. The van der Waals surface area contributed by atoms with Gasteiger partial charge in [-0.25, -0.2) is 0 Å². The van der Waals surface area contributed by atoms with Crippen LogP contribution in [0.5, 0.6) is 0 Å². The van der Waals surface area contributed by atoms with Gasteiger partial charge >= 0.3 is 0 Å². The molecule has 2 unspecified atom stereocenters. The highest BCUT2D eigenvalue weighted by Gasteiger charge is 2.33. The first-order valence-corrected chi connectivity index (χ1v) is 5.85. The van der Waals surface area contributed by atoms with Crippen LogP contribution >= 0.6 is 0 Å². The van der Waals surface area contributed by atoms with E-state index in [0.29, 0.717) is 19.5 Å². The molecule has 1 saturated heterocycles. The largest absolute Gasteiger partial charge is 0.338 e. The Labute approximate surface area is 101 Å². The summed E-state index contributed by atoms with van der Waals surface area (Å²) in [5.74, 6) is 0.193. The number of likely N-dealkylation sites (tertiary alicyclic amines) is 1. The van der Waals surface area contributed by atoms with Crippen molar-refractivity contribution in [2.45, 2.75) is 25.9 Å². The Balaban J connectivity index is 1.99. The Morgan fingerprint density at radius 1 is 1.41 bits per heavy atom. The lowest BCUT2D eigenvalue weighted by molar-refractivity contribution is -0.128. The van der Waals surface area contributed by atoms with E-state index in [1.165, 1.54) is 0 Å². The molecular formula is C13H16N2O2. The second-order valence-electron chi connectivity index (χ2n) is 4.57. The van der Waals surface area contributed by atoms with Gasteiger partial charge in [0.1, 0.15) is 0 Å². The normalized spacial score (nSPS) is 21.6. The molecule has 0 N–H and O–H groups in total. The molecule has 1 amide bonds. The van der Waals surface area contributed by atoms with Crippen molar-refractivity contribution < 1.29 is 4.79 Å². The van der Waals surface area contributed by atoms with Crippen LogP contribution in [0.2, 0.25) is 0 Å². The zero-order valence-corrected chi connectivity index (χ0v) is 9.87. The molecule has 1 aromatic carbocycles. The van der Waals surface area contributed by atoms with Crippen LogP contribution in [0.3, 0.4) is 0 Å². The maximum Gasteiger partial charge on any atom is 0.223 e. The molecule has 1 aromatic rings. The third kappa shape index (κ3) is 2.70. The number of amides is 1. The minimum Gasteiger partial charge on any atom is -0.338 e. The van der Waals surface area contributed by atoms with Gasteiger partial charge in [-0.15, -0.1) is 0 Å². The molecule has 4 nitrogen and oxygen atoms in total. The average molecular weight is 232 g/mol. The fourth-order valence-corrected chi connectivity index (χ4v) is 2.17. The smallest absolute Gasteiger partial charge is 0.223 e. The SMILES string of the molecule is CC(N=O)C1CC(=O)N(Cc2ccccc2)C1. The van der Waals surface area contributed by atoms with E-state index in [1.54, 1.807) is 6.92 Å². The lowest BCUT2D eigenvalue weighted by Gasteiger charge is -2.17. The molecule has 90 valence electrons. The van der Waals surface area contributed by atoms with E-state index in [9.17, 15) is 9.70 Å². The van der Waals surface area contributed by atoms with Crippen LogP contribution < -0.4 is 0 Å². The molecule has 17 heavy (non-hydrogen) atoms. The second-order valence-corrected chi connectivity index (χ2v) is 4.57. The monoisotopic (exact) mass is 232 g/mol. The Kier molecular flexibility index (Phi) is 3.52. The number of hydrogen-bond acceptors (Lipinski definition) is 3. The van der Waals surface area contributed by atoms with E-state index >= 15 is 0 Å². The molecule has 1 aliphatic heterocycles. The topological polar surface area (TPSA) is 49.7 Å². The predicted molar refractivity (Wildman–Crippen MR) is 65.2 cm³/mol. The molecule has 2 rings (SSSR count). The summed E-state index contributed by atoms with van der Waals surface area (Å²) in [7, 11) is 0. The quantitative estimate of drug-likeness (QED) is 0.747. The van der Waals surface area contributed by atoms with Gasteiger partial charge in [-0.2, -0.15) is 4.91 Å². The summed E-state index contributed by atoms with van der Waals surface area (Å²) < 4.78 is 0. The fraction of sp³-hybridized carbons (Fsp3) is 0.462. The van der Waals surface area contributed by atoms with Gasteiger partial charge < -0.3 is 4.90 Å². The number of hydrogen-bond donors (Lipinski definition) is 0. The third-order valence-electron chi connectivity index (χ3n) is 3.31. The number of benzene rings is 1. The van der Waals surface area contributed by atoms with E-state index in [0.717, 1.165) is 5.56 Å². The maximum absolute atomic E-state index is 11.8.